The standard InChI is InChI=1S/C18H20ClF3N4OS/c19-14-15(17(27)23-10-5-2-1-3-6-10)25-26-13(18(20,21)22)9-11(24-16(14)26)12-7-4-8-28-12/h4,7-8,10-11,13,24H,1-3,5-6,9H2,(H,23,27)/t11-,13-/m1/s1. The molecule has 2 N–H and O–H groups in total. The van der Waals surface area contributed by atoms with Crippen molar-refractivity contribution in [2.45, 2.75) is 62.8 Å². The number of alkyl halides is 3. The Kier molecular flexibility index (Phi) is 5.30. The Balaban J connectivity index is 1.65. The second-order valence-corrected chi connectivity index (χ2v) is 8.63. The summed E-state index contributed by atoms with van der Waals surface area (Å²) in [5, 5.41) is 11.6. The molecule has 0 radical (unpaired) electrons. The van der Waals surface area contributed by atoms with Crippen molar-refractivity contribution >= 4 is 34.7 Å². The highest BCUT2D eigenvalue weighted by Gasteiger charge is 2.48. The average Bonchev–Trinajstić information content (AvgIpc) is 3.30. The van der Waals surface area contributed by atoms with E-state index < -0.39 is 24.2 Å². The molecule has 10 heteroatoms. The number of hydrogen-bond donors (Lipinski definition) is 2. The first-order chi connectivity index (χ1) is 13.3. The summed E-state index contributed by atoms with van der Waals surface area (Å²) >= 11 is 7.70. The first-order valence-electron chi connectivity index (χ1n) is 9.30. The van der Waals surface area contributed by atoms with Gasteiger partial charge < -0.3 is 10.6 Å². The van der Waals surface area contributed by atoms with Crippen molar-refractivity contribution in [3.63, 3.8) is 0 Å². The average molecular weight is 433 g/mol. The van der Waals surface area contributed by atoms with E-state index in [4.69, 9.17) is 11.6 Å². The fraction of sp³-hybridized carbons (Fsp3) is 0.556. The van der Waals surface area contributed by atoms with Gasteiger partial charge in [0.15, 0.2) is 11.7 Å². The molecule has 28 heavy (non-hydrogen) atoms. The molecule has 1 fully saturated rings. The van der Waals surface area contributed by atoms with Crippen LogP contribution in [0.5, 0.6) is 0 Å². The summed E-state index contributed by atoms with van der Waals surface area (Å²) in [7, 11) is 0. The topological polar surface area (TPSA) is 59.0 Å². The Labute approximate surface area is 169 Å². The van der Waals surface area contributed by atoms with Crippen molar-refractivity contribution < 1.29 is 18.0 Å². The summed E-state index contributed by atoms with van der Waals surface area (Å²) in [4.78, 5) is 13.4. The largest absolute Gasteiger partial charge is 0.410 e. The second-order valence-electron chi connectivity index (χ2n) is 7.27. The Morgan fingerprint density at radius 3 is 2.71 bits per heavy atom. The zero-order valence-corrected chi connectivity index (χ0v) is 16.5. The highest BCUT2D eigenvalue weighted by atomic mass is 35.5. The summed E-state index contributed by atoms with van der Waals surface area (Å²) in [6.07, 6.45) is 0.198. The summed E-state index contributed by atoms with van der Waals surface area (Å²) in [6.45, 7) is 0. The van der Waals surface area contributed by atoms with Crippen LogP contribution in [0.4, 0.5) is 19.0 Å². The Morgan fingerprint density at radius 1 is 1.32 bits per heavy atom. The molecule has 1 amide bonds. The normalized spacial score (nSPS) is 23.1. The number of carbonyl (C=O) groups excluding carboxylic acids is 1. The molecule has 2 aromatic heterocycles. The maximum Gasteiger partial charge on any atom is 0.410 e. The van der Waals surface area contributed by atoms with Crippen LogP contribution in [0, 0.1) is 0 Å². The van der Waals surface area contributed by atoms with Crippen LogP contribution in [0.2, 0.25) is 5.02 Å². The van der Waals surface area contributed by atoms with Gasteiger partial charge in [-0.15, -0.1) is 11.3 Å². The predicted octanol–water partition coefficient (Wildman–Crippen LogP) is 5.32. The van der Waals surface area contributed by atoms with Crippen molar-refractivity contribution in [1.29, 1.82) is 0 Å². The predicted molar refractivity (Wildman–Crippen MR) is 102 cm³/mol. The molecule has 1 aliphatic heterocycles. The van der Waals surface area contributed by atoms with Crippen molar-refractivity contribution in [1.82, 2.24) is 15.1 Å². The zero-order valence-electron chi connectivity index (χ0n) is 14.9. The van der Waals surface area contributed by atoms with Crippen LogP contribution in [0.1, 0.15) is 66.0 Å². The first-order valence-corrected chi connectivity index (χ1v) is 10.6. The van der Waals surface area contributed by atoms with Crippen molar-refractivity contribution in [2.75, 3.05) is 5.32 Å². The quantitative estimate of drug-likeness (QED) is 0.690. The number of nitrogens with one attached hydrogen (secondary N) is 2. The van der Waals surface area contributed by atoms with Gasteiger partial charge in [-0.1, -0.05) is 36.9 Å². The number of anilines is 1. The number of fused-ring (bicyclic) bond motifs is 1. The van der Waals surface area contributed by atoms with Crippen LogP contribution in [0.15, 0.2) is 17.5 Å². The lowest BCUT2D eigenvalue weighted by Crippen LogP contribution is -2.37. The van der Waals surface area contributed by atoms with Crippen LogP contribution in [0.3, 0.4) is 0 Å². The number of aromatic nitrogens is 2. The second kappa shape index (κ2) is 7.59. The molecule has 0 spiro atoms. The molecule has 2 aromatic rings. The smallest absolute Gasteiger partial charge is 0.361 e. The van der Waals surface area contributed by atoms with Crippen molar-refractivity contribution in [3.05, 3.63) is 33.1 Å². The molecule has 0 aromatic carbocycles. The summed E-state index contributed by atoms with van der Waals surface area (Å²) in [6, 6.07) is 1.21. The number of thiophene rings is 1. The van der Waals surface area contributed by atoms with E-state index in [2.05, 4.69) is 15.7 Å². The maximum atomic E-state index is 13.7. The van der Waals surface area contributed by atoms with E-state index in [0.717, 1.165) is 41.7 Å². The third kappa shape index (κ3) is 3.74. The van der Waals surface area contributed by atoms with Crippen LogP contribution in [-0.2, 0) is 0 Å². The van der Waals surface area contributed by atoms with Crippen LogP contribution in [0.25, 0.3) is 0 Å². The Morgan fingerprint density at radius 2 is 2.07 bits per heavy atom. The molecule has 1 saturated carbocycles. The lowest BCUT2D eigenvalue weighted by atomic mass is 9.95. The molecule has 1 aliphatic carbocycles. The Bertz CT molecular complexity index is 846. The maximum absolute atomic E-state index is 13.7. The highest BCUT2D eigenvalue weighted by molar-refractivity contribution is 7.10. The SMILES string of the molecule is O=C(NC1CCCCC1)c1nn2c(c1Cl)N[C@@H](c1cccs1)C[C@@H]2C(F)(F)F. The fourth-order valence-corrected chi connectivity index (χ4v) is 4.97. The third-order valence-electron chi connectivity index (χ3n) is 5.34. The first kappa shape index (κ1) is 19.6. The molecule has 0 bridgehead atoms. The number of nitrogens with zero attached hydrogens (tertiary/aromatic N) is 2. The van der Waals surface area contributed by atoms with E-state index in [1.54, 1.807) is 12.1 Å². The molecular weight excluding hydrogens is 413 g/mol. The molecule has 5 nitrogen and oxygen atoms in total. The number of hydrogen-bond acceptors (Lipinski definition) is 4. The van der Waals surface area contributed by atoms with Crippen molar-refractivity contribution in [3.8, 4) is 0 Å². The van der Waals surface area contributed by atoms with E-state index in [-0.39, 0.29) is 29.0 Å². The minimum Gasteiger partial charge on any atom is -0.361 e. The summed E-state index contributed by atoms with van der Waals surface area (Å²) in [5.74, 6) is -0.475. The third-order valence-corrected chi connectivity index (χ3v) is 6.68. The summed E-state index contributed by atoms with van der Waals surface area (Å²) in [5.41, 5.74) is -0.157. The van der Waals surface area contributed by atoms with Gasteiger partial charge in [0.2, 0.25) is 0 Å². The zero-order chi connectivity index (χ0) is 19.9. The molecule has 2 atom stereocenters. The highest BCUT2D eigenvalue weighted by Crippen LogP contribution is 2.46. The fourth-order valence-electron chi connectivity index (χ4n) is 3.91. The molecular formula is C18H20ClF3N4OS. The lowest BCUT2D eigenvalue weighted by molar-refractivity contribution is -0.173. The lowest BCUT2D eigenvalue weighted by Gasteiger charge is -2.32. The molecule has 0 unspecified atom stereocenters. The van der Waals surface area contributed by atoms with Crippen LogP contribution in [-0.4, -0.2) is 27.9 Å². The van der Waals surface area contributed by atoms with Gasteiger partial charge in [0, 0.05) is 17.3 Å². The van der Waals surface area contributed by atoms with Gasteiger partial charge >= 0.3 is 6.18 Å². The van der Waals surface area contributed by atoms with Gasteiger partial charge in [0.05, 0.1) is 6.04 Å². The molecule has 0 saturated heterocycles. The molecule has 2 aliphatic rings. The minimum absolute atomic E-state index is 0.0151. The van der Waals surface area contributed by atoms with Gasteiger partial charge in [-0.05, 0) is 24.3 Å². The van der Waals surface area contributed by atoms with Crippen LogP contribution < -0.4 is 10.6 Å². The minimum atomic E-state index is -4.50. The van der Waals surface area contributed by atoms with Crippen LogP contribution >= 0.6 is 22.9 Å². The molecule has 3 heterocycles. The van der Waals surface area contributed by atoms with Crippen molar-refractivity contribution in [2.24, 2.45) is 0 Å². The summed E-state index contributed by atoms with van der Waals surface area (Å²) < 4.78 is 42.0. The van der Waals surface area contributed by atoms with E-state index in [1.165, 1.54) is 11.3 Å². The van der Waals surface area contributed by atoms with E-state index in [1.807, 2.05) is 5.38 Å². The van der Waals surface area contributed by atoms with Gasteiger partial charge in [-0.2, -0.15) is 18.3 Å². The van der Waals surface area contributed by atoms with Gasteiger partial charge in [0.1, 0.15) is 10.8 Å². The number of halogens is 4. The molecule has 152 valence electrons. The number of amides is 1. The van der Waals surface area contributed by atoms with Gasteiger partial charge in [-0.3, -0.25) is 4.79 Å². The monoisotopic (exact) mass is 432 g/mol. The van der Waals surface area contributed by atoms with E-state index in [0.29, 0.717) is 0 Å². The Hall–Kier alpha value is -1.74. The van der Waals surface area contributed by atoms with Gasteiger partial charge in [-0.25, -0.2) is 4.68 Å². The van der Waals surface area contributed by atoms with Gasteiger partial charge in [0.25, 0.3) is 5.91 Å². The van der Waals surface area contributed by atoms with E-state index in [9.17, 15) is 18.0 Å². The number of carbonyl (C=O) groups is 1. The van der Waals surface area contributed by atoms with E-state index >= 15 is 0 Å². The number of rotatable bonds is 3. The molecule has 4 rings (SSSR count).